The van der Waals surface area contributed by atoms with Crippen LogP contribution in [0.2, 0.25) is 0 Å². The lowest BCUT2D eigenvalue weighted by Crippen LogP contribution is -2.33. The molecule has 0 aliphatic carbocycles. The van der Waals surface area contributed by atoms with E-state index in [0.717, 1.165) is 35.9 Å². The molecule has 2 atom stereocenters. The molecular formula is C18H24N2OS. The van der Waals surface area contributed by atoms with Crippen molar-refractivity contribution in [3.8, 4) is 0 Å². The lowest BCUT2D eigenvalue weighted by atomic mass is 9.86. The third kappa shape index (κ3) is 2.70. The summed E-state index contributed by atoms with van der Waals surface area (Å²) >= 11 is 4.51. The molecule has 2 unspecified atom stereocenters. The summed E-state index contributed by atoms with van der Waals surface area (Å²) in [5, 5.41) is 1.08. The first-order valence-corrected chi connectivity index (χ1v) is 8.49. The third-order valence-corrected chi connectivity index (χ3v) is 5.54. The lowest BCUT2D eigenvalue weighted by molar-refractivity contribution is 0.0989. The largest absolute Gasteiger partial charge is 0.350 e. The van der Waals surface area contributed by atoms with Crippen molar-refractivity contribution in [2.24, 2.45) is 7.05 Å². The predicted octanol–water partition coefficient (Wildman–Crippen LogP) is 4.18. The molecule has 3 nitrogen and oxygen atoms in total. The number of carbonyl (C=O) groups excluding carboxylic acids is 1. The van der Waals surface area contributed by atoms with Crippen molar-refractivity contribution in [3.63, 3.8) is 0 Å². The van der Waals surface area contributed by atoms with Crippen LogP contribution >= 0.6 is 12.8 Å². The van der Waals surface area contributed by atoms with E-state index in [9.17, 15) is 4.79 Å². The van der Waals surface area contributed by atoms with E-state index in [1.807, 2.05) is 20.2 Å². The van der Waals surface area contributed by atoms with Gasteiger partial charge >= 0.3 is 0 Å². The maximum Gasteiger partial charge on any atom is 0.164 e. The van der Waals surface area contributed by atoms with Crippen LogP contribution < -0.4 is 0 Å². The van der Waals surface area contributed by atoms with Gasteiger partial charge in [-0.25, -0.2) is 0 Å². The number of piperidine rings is 1. The van der Waals surface area contributed by atoms with Crippen molar-refractivity contribution in [3.05, 3.63) is 35.5 Å². The Hall–Kier alpha value is -1.26. The van der Waals surface area contributed by atoms with Gasteiger partial charge < -0.3 is 4.57 Å². The molecule has 1 aliphatic rings. The van der Waals surface area contributed by atoms with Gasteiger partial charge in [0.15, 0.2) is 5.78 Å². The maximum atomic E-state index is 12.1. The van der Waals surface area contributed by atoms with Crippen molar-refractivity contribution < 1.29 is 4.79 Å². The average molecular weight is 316 g/mol. The Morgan fingerprint density at radius 3 is 2.86 bits per heavy atom. The molecule has 0 spiro atoms. The molecule has 0 saturated carbocycles. The van der Waals surface area contributed by atoms with Gasteiger partial charge in [-0.15, -0.1) is 0 Å². The minimum atomic E-state index is 0.218. The molecule has 0 bridgehead atoms. The fourth-order valence-electron chi connectivity index (χ4n) is 3.53. The number of fused-ring (bicyclic) bond motifs is 1. The first kappa shape index (κ1) is 15.6. The molecule has 2 heterocycles. The third-order valence-electron chi connectivity index (χ3n) is 4.95. The molecule has 0 N–H and O–H groups in total. The Morgan fingerprint density at radius 2 is 2.18 bits per heavy atom. The van der Waals surface area contributed by atoms with Crippen LogP contribution in [0.1, 0.15) is 54.9 Å². The van der Waals surface area contributed by atoms with Crippen LogP contribution in [0.3, 0.4) is 0 Å². The van der Waals surface area contributed by atoms with Gasteiger partial charge in [-0.05, 0) is 37.3 Å². The highest BCUT2D eigenvalue weighted by Crippen LogP contribution is 2.34. The normalized spacial score (nSPS) is 23.1. The molecule has 1 fully saturated rings. The SMILES string of the molecule is CCC(=O)c1cn(C)c2cc(C3CCN(S)C(C)C3)ccc12. The maximum absolute atomic E-state index is 12.1. The first-order chi connectivity index (χ1) is 10.5. The molecule has 22 heavy (non-hydrogen) atoms. The van der Waals surface area contributed by atoms with Gasteiger partial charge in [-0.1, -0.05) is 31.9 Å². The van der Waals surface area contributed by atoms with Crippen molar-refractivity contribution in [2.75, 3.05) is 6.54 Å². The van der Waals surface area contributed by atoms with Crippen LogP contribution in [-0.4, -0.2) is 27.2 Å². The highest BCUT2D eigenvalue weighted by molar-refractivity contribution is 7.77. The zero-order valence-corrected chi connectivity index (χ0v) is 14.4. The van der Waals surface area contributed by atoms with E-state index in [2.05, 4.69) is 46.8 Å². The molecule has 1 aromatic carbocycles. The highest BCUT2D eigenvalue weighted by atomic mass is 32.1. The van der Waals surface area contributed by atoms with E-state index >= 15 is 0 Å². The number of benzene rings is 1. The Labute approximate surface area is 137 Å². The van der Waals surface area contributed by atoms with Crippen LogP contribution in [0.15, 0.2) is 24.4 Å². The quantitative estimate of drug-likeness (QED) is 0.679. The summed E-state index contributed by atoms with van der Waals surface area (Å²) in [6.45, 7) is 5.18. The number of carbonyl (C=O) groups is 1. The van der Waals surface area contributed by atoms with E-state index in [1.54, 1.807) is 0 Å². The van der Waals surface area contributed by atoms with E-state index in [-0.39, 0.29) is 5.78 Å². The lowest BCUT2D eigenvalue weighted by Gasteiger charge is -2.34. The molecule has 2 aromatic rings. The van der Waals surface area contributed by atoms with Crippen molar-refractivity contribution in [2.45, 2.75) is 45.1 Å². The molecule has 0 amide bonds. The van der Waals surface area contributed by atoms with Crippen LogP contribution in [0, 0.1) is 0 Å². The number of hydrogen-bond acceptors (Lipinski definition) is 3. The highest BCUT2D eigenvalue weighted by Gasteiger charge is 2.25. The fourth-order valence-corrected chi connectivity index (χ4v) is 3.74. The summed E-state index contributed by atoms with van der Waals surface area (Å²) in [5.74, 6) is 0.804. The van der Waals surface area contributed by atoms with Gasteiger partial charge in [0.25, 0.3) is 0 Å². The Morgan fingerprint density at radius 1 is 1.41 bits per heavy atom. The summed E-state index contributed by atoms with van der Waals surface area (Å²) in [5.41, 5.74) is 3.40. The molecule has 1 saturated heterocycles. The molecule has 118 valence electrons. The Balaban J connectivity index is 1.97. The number of rotatable bonds is 3. The second-order valence-electron chi connectivity index (χ2n) is 6.44. The topological polar surface area (TPSA) is 25.2 Å². The number of aryl methyl sites for hydroxylation is 1. The second-order valence-corrected chi connectivity index (χ2v) is 6.95. The number of nitrogens with zero attached hydrogens (tertiary/aromatic N) is 2. The summed E-state index contributed by atoms with van der Waals surface area (Å²) in [4.78, 5) is 12.1. The van der Waals surface area contributed by atoms with E-state index in [0.29, 0.717) is 18.4 Å². The predicted molar refractivity (Wildman–Crippen MR) is 94.7 cm³/mol. The molecule has 0 radical (unpaired) electrons. The minimum Gasteiger partial charge on any atom is -0.350 e. The molecule has 1 aliphatic heterocycles. The number of thiol groups is 1. The summed E-state index contributed by atoms with van der Waals surface area (Å²) < 4.78 is 4.22. The van der Waals surface area contributed by atoms with E-state index in [4.69, 9.17) is 0 Å². The van der Waals surface area contributed by atoms with Gasteiger partial charge in [0.05, 0.1) is 0 Å². The standard InChI is InChI=1S/C18H24N2OS/c1-4-18(21)16-11-19(3)17-10-13(5-6-15(16)17)14-7-8-20(22)12(2)9-14/h5-6,10-12,14,22H,4,7-9H2,1-3H3. The van der Waals surface area contributed by atoms with Crippen molar-refractivity contribution in [1.82, 2.24) is 8.87 Å². The fraction of sp³-hybridized carbons (Fsp3) is 0.500. The van der Waals surface area contributed by atoms with Gasteiger partial charge in [-0.3, -0.25) is 9.10 Å². The molecular weight excluding hydrogens is 292 g/mol. The van der Waals surface area contributed by atoms with Gasteiger partial charge in [0.2, 0.25) is 0 Å². The summed E-state index contributed by atoms with van der Waals surface area (Å²) in [6.07, 6.45) is 4.81. The molecule has 3 rings (SSSR count). The number of Topliss-reactive ketones (excluding diaryl/α,β-unsaturated/α-hetero) is 1. The van der Waals surface area contributed by atoms with Gasteiger partial charge in [0.1, 0.15) is 0 Å². The van der Waals surface area contributed by atoms with Crippen LogP contribution in [0.25, 0.3) is 10.9 Å². The Kier molecular flexibility index (Phi) is 4.33. The zero-order chi connectivity index (χ0) is 15.9. The van der Waals surface area contributed by atoms with Gasteiger partial charge in [0, 0.05) is 48.7 Å². The number of hydrogen-bond donors (Lipinski definition) is 1. The van der Waals surface area contributed by atoms with Gasteiger partial charge in [-0.2, -0.15) is 0 Å². The zero-order valence-electron chi connectivity index (χ0n) is 13.5. The monoisotopic (exact) mass is 316 g/mol. The summed E-state index contributed by atoms with van der Waals surface area (Å²) in [6, 6.07) is 7.11. The average Bonchev–Trinajstić information content (AvgIpc) is 2.86. The van der Waals surface area contributed by atoms with Crippen molar-refractivity contribution >= 4 is 29.5 Å². The van der Waals surface area contributed by atoms with E-state index < -0.39 is 0 Å². The Bertz CT molecular complexity index is 706. The van der Waals surface area contributed by atoms with Crippen LogP contribution in [-0.2, 0) is 7.05 Å². The van der Waals surface area contributed by atoms with Crippen LogP contribution in [0.5, 0.6) is 0 Å². The summed E-state index contributed by atoms with van der Waals surface area (Å²) in [7, 11) is 2.03. The molecule has 4 heteroatoms. The number of aromatic nitrogens is 1. The smallest absolute Gasteiger partial charge is 0.164 e. The van der Waals surface area contributed by atoms with Crippen LogP contribution in [0.4, 0.5) is 0 Å². The van der Waals surface area contributed by atoms with E-state index in [1.165, 1.54) is 5.56 Å². The minimum absolute atomic E-state index is 0.218. The number of ketones is 1. The van der Waals surface area contributed by atoms with Crippen molar-refractivity contribution in [1.29, 1.82) is 0 Å². The molecule has 1 aromatic heterocycles. The first-order valence-electron chi connectivity index (χ1n) is 8.09. The second kappa shape index (κ2) is 6.09.